The van der Waals surface area contributed by atoms with Gasteiger partial charge in [-0.3, -0.25) is 0 Å². The Morgan fingerprint density at radius 2 is 1.25 bits per heavy atom. The molecule has 1 aromatic heterocycles. The van der Waals surface area contributed by atoms with E-state index in [-0.39, 0.29) is 0 Å². The highest BCUT2D eigenvalue weighted by molar-refractivity contribution is 8.33. The SMILES string of the molecule is CS1(C)c2ccccc2-c2cc(N(c3ccc(-c4ccc5oc6ccccc6c5c4)cc3)c3ccc(C4CC5CCC4C5)cc3)ccc21. The lowest BCUT2D eigenvalue weighted by Crippen LogP contribution is -2.11. The summed E-state index contributed by atoms with van der Waals surface area (Å²) in [5.41, 5.74) is 12.1. The summed E-state index contributed by atoms with van der Waals surface area (Å²) >= 11 is 0. The summed E-state index contributed by atoms with van der Waals surface area (Å²) in [6.45, 7) is 0. The standard InChI is InChI=1S/C45H39NOS/c1-48(2)44-10-6-4-8-38(44)41-28-36(22-24-45(41)48)46(35-20-15-31(16-21-35)39-26-29-11-12-33(39)25-29)34-18-13-30(14-19-34)32-17-23-43-40(27-32)37-7-3-5-9-42(37)47-43/h3-10,13-24,27-29,33,39H,11-12,25-26H2,1-2H3. The van der Waals surface area contributed by atoms with Gasteiger partial charge < -0.3 is 9.32 Å². The van der Waals surface area contributed by atoms with Crippen LogP contribution in [0.4, 0.5) is 17.1 Å². The van der Waals surface area contributed by atoms with Gasteiger partial charge >= 0.3 is 0 Å². The fourth-order valence-corrected chi connectivity index (χ4v) is 11.8. The quantitative estimate of drug-likeness (QED) is 0.186. The number of para-hydroxylation sites is 1. The van der Waals surface area contributed by atoms with Crippen molar-refractivity contribution in [3.63, 3.8) is 0 Å². The molecule has 6 aromatic carbocycles. The van der Waals surface area contributed by atoms with Crippen LogP contribution >= 0.6 is 10.0 Å². The molecule has 48 heavy (non-hydrogen) atoms. The highest BCUT2D eigenvalue weighted by Gasteiger charge is 2.40. The Morgan fingerprint density at radius 3 is 2.04 bits per heavy atom. The van der Waals surface area contributed by atoms with Crippen molar-refractivity contribution in [2.75, 3.05) is 17.4 Å². The minimum absolute atomic E-state index is 0.733. The van der Waals surface area contributed by atoms with Crippen LogP contribution in [0.1, 0.15) is 37.2 Å². The fraction of sp³-hybridized carbons (Fsp3) is 0.200. The molecule has 0 spiro atoms. The molecule has 10 rings (SSSR count). The molecule has 1 aliphatic heterocycles. The Kier molecular flexibility index (Phi) is 6.27. The van der Waals surface area contributed by atoms with E-state index in [0.717, 1.165) is 39.7 Å². The molecule has 2 bridgehead atoms. The predicted octanol–water partition coefficient (Wildman–Crippen LogP) is 13.1. The predicted molar refractivity (Wildman–Crippen MR) is 203 cm³/mol. The molecule has 0 N–H and O–H groups in total. The third-order valence-corrected chi connectivity index (χ3v) is 14.6. The first-order valence-electron chi connectivity index (χ1n) is 17.4. The van der Waals surface area contributed by atoms with Gasteiger partial charge in [0.25, 0.3) is 0 Å². The molecule has 2 heterocycles. The second kappa shape index (κ2) is 10.6. The normalized spacial score (nSPS) is 21.0. The lowest BCUT2D eigenvalue weighted by atomic mass is 9.83. The summed E-state index contributed by atoms with van der Waals surface area (Å²) in [6.07, 6.45) is 10.5. The molecular weight excluding hydrogens is 603 g/mol. The molecule has 7 aromatic rings. The molecule has 3 unspecified atom stereocenters. The van der Waals surface area contributed by atoms with Crippen molar-refractivity contribution in [2.24, 2.45) is 11.8 Å². The highest BCUT2D eigenvalue weighted by atomic mass is 32.3. The summed E-state index contributed by atoms with van der Waals surface area (Å²) in [6, 6.07) is 49.7. The molecule has 236 valence electrons. The average Bonchev–Trinajstić information content (AvgIpc) is 3.91. The van der Waals surface area contributed by atoms with Crippen molar-refractivity contribution in [1.82, 2.24) is 0 Å². The Bertz CT molecular complexity index is 2350. The van der Waals surface area contributed by atoms with Crippen molar-refractivity contribution in [3.05, 3.63) is 139 Å². The smallest absolute Gasteiger partial charge is 0.135 e. The third-order valence-electron chi connectivity index (χ3n) is 11.7. The number of nitrogens with zero attached hydrogens (tertiary/aromatic N) is 1. The Labute approximate surface area is 284 Å². The van der Waals surface area contributed by atoms with Crippen molar-refractivity contribution in [1.29, 1.82) is 0 Å². The molecule has 2 saturated carbocycles. The van der Waals surface area contributed by atoms with E-state index in [4.69, 9.17) is 4.42 Å². The van der Waals surface area contributed by atoms with Crippen LogP contribution < -0.4 is 4.90 Å². The monoisotopic (exact) mass is 641 g/mol. The Balaban J connectivity index is 1.06. The average molecular weight is 642 g/mol. The minimum Gasteiger partial charge on any atom is -0.456 e. The minimum atomic E-state index is -1.04. The summed E-state index contributed by atoms with van der Waals surface area (Å²) in [5, 5.41) is 2.32. The first-order chi connectivity index (χ1) is 23.5. The number of furan rings is 1. The van der Waals surface area contributed by atoms with E-state index in [1.807, 2.05) is 12.1 Å². The zero-order valence-corrected chi connectivity index (χ0v) is 28.3. The lowest BCUT2D eigenvalue weighted by molar-refractivity contribution is 0.420. The van der Waals surface area contributed by atoms with Crippen LogP contribution in [0.25, 0.3) is 44.2 Å². The summed E-state index contributed by atoms with van der Waals surface area (Å²) in [4.78, 5) is 5.42. The van der Waals surface area contributed by atoms with E-state index in [1.165, 1.54) is 80.4 Å². The first-order valence-corrected chi connectivity index (χ1v) is 19.8. The van der Waals surface area contributed by atoms with E-state index < -0.39 is 10.0 Å². The van der Waals surface area contributed by atoms with E-state index in [2.05, 4.69) is 139 Å². The molecule has 3 heteroatoms. The van der Waals surface area contributed by atoms with Gasteiger partial charge in [-0.15, -0.1) is 0 Å². The van der Waals surface area contributed by atoms with E-state index in [0.29, 0.717) is 0 Å². The van der Waals surface area contributed by atoms with Gasteiger partial charge in [-0.1, -0.05) is 73.2 Å². The van der Waals surface area contributed by atoms with Crippen LogP contribution in [0.2, 0.25) is 0 Å². The molecule has 2 fully saturated rings. The molecule has 2 aliphatic carbocycles. The van der Waals surface area contributed by atoms with Gasteiger partial charge in [-0.25, -0.2) is 0 Å². The third kappa shape index (κ3) is 4.33. The molecule has 3 aliphatic rings. The van der Waals surface area contributed by atoms with E-state index in [1.54, 1.807) is 0 Å². The van der Waals surface area contributed by atoms with Gasteiger partial charge in [0.1, 0.15) is 11.2 Å². The number of benzene rings is 6. The number of hydrogen-bond donors (Lipinski definition) is 0. The number of fused-ring (bicyclic) bond motifs is 8. The van der Waals surface area contributed by atoms with Crippen LogP contribution in [0.3, 0.4) is 0 Å². The van der Waals surface area contributed by atoms with Crippen molar-refractivity contribution < 1.29 is 4.42 Å². The topological polar surface area (TPSA) is 16.4 Å². The van der Waals surface area contributed by atoms with Crippen LogP contribution in [0, 0.1) is 11.8 Å². The Hall–Kier alpha value is -4.73. The lowest BCUT2D eigenvalue weighted by Gasteiger charge is -2.30. The number of hydrogen-bond acceptors (Lipinski definition) is 2. The van der Waals surface area contributed by atoms with Crippen molar-refractivity contribution in [3.8, 4) is 22.3 Å². The molecule has 0 amide bonds. The van der Waals surface area contributed by atoms with E-state index >= 15 is 0 Å². The zero-order valence-electron chi connectivity index (χ0n) is 27.5. The summed E-state index contributed by atoms with van der Waals surface area (Å²) < 4.78 is 6.11. The maximum absolute atomic E-state index is 6.11. The maximum atomic E-state index is 6.11. The second-order valence-corrected chi connectivity index (χ2v) is 18.1. The van der Waals surface area contributed by atoms with Gasteiger partial charge in [0, 0.05) is 37.6 Å². The van der Waals surface area contributed by atoms with Crippen molar-refractivity contribution >= 4 is 49.0 Å². The number of anilines is 3. The summed E-state index contributed by atoms with van der Waals surface area (Å²) in [5.74, 6) is 2.56. The fourth-order valence-electron chi connectivity index (χ4n) is 9.24. The van der Waals surface area contributed by atoms with Crippen LogP contribution in [-0.2, 0) is 0 Å². The first kappa shape index (κ1) is 28.3. The van der Waals surface area contributed by atoms with Crippen molar-refractivity contribution in [2.45, 2.75) is 41.4 Å². The Morgan fingerprint density at radius 1 is 0.562 bits per heavy atom. The van der Waals surface area contributed by atoms with Gasteiger partial charge in [-0.05, 0) is 144 Å². The molecule has 3 atom stereocenters. The van der Waals surface area contributed by atoms with Crippen LogP contribution in [0.15, 0.2) is 148 Å². The second-order valence-electron chi connectivity index (χ2n) is 14.6. The van der Waals surface area contributed by atoms with Gasteiger partial charge in [0.05, 0.1) is 0 Å². The zero-order chi connectivity index (χ0) is 32.0. The molecule has 2 nitrogen and oxygen atoms in total. The van der Waals surface area contributed by atoms with Gasteiger partial charge in [0.2, 0.25) is 0 Å². The number of rotatable bonds is 5. The van der Waals surface area contributed by atoms with Crippen LogP contribution in [0.5, 0.6) is 0 Å². The maximum Gasteiger partial charge on any atom is 0.135 e. The molecule has 0 saturated heterocycles. The molecular formula is C45H39NOS. The van der Waals surface area contributed by atoms with Crippen LogP contribution in [-0.4, -0.2) is 12.5 Å². The highest BCUT2D eigenvalue weighted by Crippen LogP contribution is 2.67. The largest absolute Gasteiger partial charge is 0.456 e. The van der Waals surface area contributed by atoms with E-state index in [9.17, 15) is 0 Å². The van der Waals surface area contributed by atoms with Gasteiger partial charge in [0.15, 0.2) is 0 Å². The summed E-state index contributed by atoms with van der Waals surface area (Å²) in [7, 11) is -1.04. The molecule has 0 radical (unpaired) electrons. The van der Waals surface area contributed by atoms with Gasteiger partial charge in [-0.2, -0.15) is 10.0 Å².